The molecule has 1 amide bonds. The van der Waals surface area contributed by atoms with E-state index in [4.69, 9.17) is 23.1 Å². The molecule has 6 N–H and O–H groups in total. The minimum Gasteiger partial charge on any atom is -0.351 e. The Morgan fingerprint density at radius 1 is 1.17 bits per heavy atom. The molecular formula is C21H27ClFN5O. The fourth-order valence-corrected chi connectivity index (χ4v) is 2.78. The van der Waals surface area contributed by atoms with Crippen LogP contribution >= 0.6 is 11.6 Å². The van der Waals surface area contributed by atoms with Crippen LogP contribution in [0.15, 0.2) is 53.5 Å². The van der Waals surface area contributed by atoms with Gasteiger partial charge in [-0.1, -0.05) is 29.8 Å². The van der Waals surface area contributed by atoms with Crippen molar-refractivity contribution in [2.45, 2.75) is 44.9 Å². The molecule has 2 atom stereocenters. The molecule has 29 heavy (non-hydrogen) atoms. The van der Waals surface area contributed by atoms with Gasteiger partial charge in [-0.25, -0.2) is 9.38 Å². The molecule has 0 heterocycles. The molecule has 0 aliphatic rings. The van der Waals surface area contributed by atoms with Crippen molar-refractivity contribution >= 4 is 23.5 Å². The largest absolute Gasteiger partial charge is 0.351 e. The van der Waals surface area contributed by atoms with Gasteiger partial charge >= 0.3 is 0 Å². The van der Waals surface area contributed by atoms with Crippen molar-refractivity contribution < 1.29 is 9.18 Å². The number of nitrogens with one attached hydrogen (secondary N) is 2. The highest BCUT2D eigenvalue weighted by Gasteiger charge is 2.18. The van der Waals surface area contributed by atoms with Crippen LogP contribution in [0, 0.1) is 5.82 Å². The highest BCUT2D eigenvalue weighted by Crippen LogP contribution is 2.16. The minimum absolute atomic E-state index is 0.237. The van der Waals surface area contributed by atoms with E-state index in [-0.39, 0.29) is 23.2 Å². The molecule has 156 valence electrons. The zero-order valence-electron chi connectivity index (χ0n) is 16.7. The number of hydrogen-bond acceptors (Lipinski definition) is 4. The van der Waals surface area contributed by atoms with Crippen molar-refractivity contribution in [3.8, 4) is 0 Å². The maximum atomic E-state index is 13.1. The standard InChI is InChI=1S/C21H27ClFN5O/c1-21(2,3)28-20(27-19(29)14-5-4-6-15(22)11-14)26-18(25)12-17(24)13-7-9-16(23)10-8-13/h4-11,17-18H,12,24-25H2,1-3H3,(H2,26,27,28,29). The fraction of sp³-hybridized carbons (Fsp3) is 0.333. The molecule has 6 nitrogen and oxygen atoms in total. The molecule has 0 spiro atoms. The molecule has 0 bridgehead atoms. The number of carbonyl (C=O) groups is 1. The van der Waals surface area contributed by atoms with Gasteiger partial charge in [-0.15, -0.1) is 0 Å². The third-order valence-corrected chi connectivity index (χ3v) is 4.14. The summed E-state index contributed by atoms with van der Waals surface area (Å²) in [5.41, 5.74) is 13.1. The van der Waals surface area contributed by atoms with E-state index >= 15 is 0 Å². The first-order valence-corrected chi connectivity index (χ1v) is 9.61. The first-order chi connectivity index (χ1) is 13.5. The second kappa shape index (κ2) is 9.82. The average molecular weight is 420 g/mol. The summed E-state index contributed by atoms with van der Waals surface area (Å²) in [6, 6.07) is 12.1. The van der Waals surface area contributed by atoms with E-state index in [1.54, 1.807) is 36.4 Å². The van der Waals surface area contributed by atoms with Crippen LogP contribution in [0.1, 0.15) is 49.2 Å². The number of rotatable bonds is 5. The summed E-state index contributed by atoms with van der Waals surface area (Å²) in [5.74, 6) is -0.456. The Kier molecular flexibility index (Phi) is 7.73. The van der Waals surface area contributed by atoms with Crippen molar-refractivity contribution in [2.24, 2.45) is 16.5 Å². The molecule has 0 aromatic heterocycles. The maximum Gasteiger partial charge on any atom is 0.257 e. The van der Waals surface area contributed by atoms with Gasteiger partial charge in [0.2, 0.25) is 0 Å². The van der Waals surface area contributed by atoms with Crippen LogP contribution < -0.4 is 22.1 Å². The monoisotopic (exact) mass is 419 g/mol. The molecule has 2 unspecified atom stereocenters. The lowest BCUT2D eigenvalue weighted by molar-refractivity contribution is 0.0975. The van der Waals surface area contributed by atoms with Crippen LogP contribution in [0.3, 0.4) is 0 Å². The lowest BCUT2D eigenvalue weighted by atomic mass is 10.0. The van der Waals surface area contributed by atoms with Crippen molar-refractivity contribution in [3.63, 3.8) is 0 Å². The zero-order valence-corrected chi connectivity index (χ0v) is 17.5. The Hall–Kier alpha value is -2.48. The Balaban J connectivity index is 2.13. The number of aliphatic imine (C=N–C) groups is 1. The molecule has 2 aromatic carbocycles. The molecule has 0 radical (unpaired) electrons. The summed E-state index contributed by atoms with van der Waals surface area (Å²) in [7, 11) is 0. The predicted molar refractivity (Wildman–Crippen MR) is 115 cm³/mol. The van der Waals surface area contributed by atoms with Crippen LogP contribution in [-0.4, -0.2) is 23.6 Å². The summed E-state index contributed by atoms with van der Waals surface area (Å²) < 4.78 is 13.1. The van der Waals surface area contributed by atoms with Gasteiger partial charge in [0.15, 0.2) is 5.96 Å². The van der Waals surface area contributed by atoms with E-state index in [0.29, 0.717) is 17.0 Å². The van der Waals surface area contributed by atoms with E-state index in [1.807, 2.05) is 20.8 Å². The third kappa shape index (κ3) is 7.81. The lowest BCUT2D eigenvalue weighted by Crippen LogP contribution is -2.50. The summed E-state index contributed by atoms with van der Waals surface area (Å²) in [4.78, 5) is 17.0. The van der Waals surface area contributed by atoms with E-state index in [1.165, 1.54) is 12.1 Å². The van der Waals surface area contributed by atoms with E-state index < -0.39 is 12.2 Å². The summed E-state index contributed by atoms with van der Waals surface area (Å²) in [6.07, 6.45) is -0.367. The van der Waals surface area contributed by atoms with E-state index in [9.17, 15) is 9.18 Å². The SMILES string of the molecule is CC(C)(C)NC(=NC(N)CC(N)c1ccc(F)cc1)NC(=O)c1cccc(Cl)c1. The van der Waals surface area contributed by atoms with Crippen LogP contribution in [0.25, 0.3) is 0 Å². The molecule has 0 saturated heterocycles. The second-order valence-corrected chi connectivity index (χ2v) is 8.21. The van der Waals surface area contributed by atoms with Gasteiger partial charge in [0.1, 0.15) is 12.0 Å². The molecule has 0 aliphatic heterocycles. The summed E-state index contributed by atoms with van der Waals surface area (Å²) in [5, 5.41) is 6.34. The van der Waals surface area contributed by atoms with Gasteiger partial charge in [0, 0.05) is 28.6 Å². The molecule has 0 aliphatic carbocycles. The molecule has 8 heteroatoms. The number of hydrogen-bond donors (Lipinski definition) is 4. The molecule has 2 aromatic rings. The van der Waals surface area contributed by atoms with Crippen molar-refractivity contribution in [3.05, 3.63) is 70.5 Å². The molecule has 0 fully saturated rings. The minimum atomic E-state index is -0.681. The fourth-order valence-electron chi connectivity index (χ4n) is 2.59. The Morgan fingerprint density at radius 2 is 1.83 bits per heavy atom. The topological polar surface area (TPSA) is 106 Å². The van der Waals surface area contributed by atoms with Gasteiger partial charge in [-0.2, -0.15) is 0 Å². The van der Waals surface area contributed by atoms with Gasteiger partial charge < -0.3 is 16.8 Å². The number of nitrogens with zero attached hydrogens (tertiary/aromatic N) is 1. The molecular weight excluding hydrogens is 393 g/mol. The predicted octanol–water partition coefficient (Wildman–Crippen LogP) is 3.33. The van der Waals surface area contributed by atoms with Crippen LogP contribution in [-0.2, 0) is 0 Å². The van der Waals surface area contributed by atoms with Crippen LogP contribution in [0.4, 0.5) is 4.39 Å². The summed E-state index contributed by atoms with van der Waals surface area (Å²) >= 11 is 5.96. The molecule has 0 saturated carbocycles. The number of nitrogens with two attached hydrogens (primary N) is 2. The van der Waals surface area contributed by atoms with Crippen molar-refractivity contribution in [1.29, 1.82) is 0 Å². The van der Waals surface area contributed by atoms with Crippen LogP contribution in [0.5, 0.6) is 0 Å². The molecule has 2 rings (SSSR count). The number of guanidine groups is 1. The first kappa shape index (κ1) is 22.8. The number of carbonyl (C=O) groups excluding carboxylic acids is 1. The van der Waals surface area contributed by atoms with Gasteiger partial charge in [-0.05, 0) is 56.7 Å². The van der Waals surface area contributed by atoms with Crippen LogP contribution in [0.2, 0.25) is 5.02 Å². The second-order valence-electron chi connectivity index (χ2n) is 7.78. The quantitative estimate of drug-likeness (QED) is 0.440. The Bertz CT molecular complexity index is 864. The van der Waals surface area contributed by atoms with Crippen molar-refractivity contribution in [2.75, 3.05) is 0 Å². The average Bonchev–Trinajstić information content (AvgIpc) is 2.60. The number of halogens is 2. The smallest absolute Gasteiger partial charge is 0.257 e. The van der Waals surface area contributed by atoms with Gasteiger partial charge in [0.25, 0.3) is 5.91 Å². The normalized spacial score (nSPS) is 14.2. The number of amides is 1. The highest BCUT2D eigenvalue weighted by molar-refractivity contribution is 6.31. The van der Waals surface area contributed by atoms with Crippen molar-refractivity contribution in [1.82, 2.24) is 10.6 Å². The van der Waals surface area contributed by atoms with Gasteiger partial charge in [-0.3, -0.25) is 10.1 Å². The summed E-state index contributed by atoms with van der Waals surface area (Å²) in [6.45, 7) is 5.80. The lowest BCUT2D eigenvalue weighted by Gasteiger charge is -2.25. The Morgan fingerprint density at radius 3 is 2.41 bits per heavy atom. The third-order valence-electron chi connectivity index (χ3n) is 3.90. The van der Waals surface area contributed by atoms with Gasteiger partial charge in [0.05, 0.1) is 0 Å². The zero-order chi connectivity index (χ0) is 21.6. The first-order valence-electron chi connectivity index (χ1n) is 9.23. The highest BCUT2D eigenvalue weighted by atomic mass is 35.5. The maximum absolute atomic E-state index is 13.1. The van der Waals surface area contributed by atoms with E-state index in [2.05, 4.69) is 15.6 Å². The number of benzene rings is 2. The van der Waals surface area contributed by atoms with E-state index in [0.717, 1.165) is 5.56 Å². The Labute approximate surface area is 175 Å².